The van der Waals surface area contributed by atoms with Crippen molar-refractivity contribution in [1.82, 2.24) is 9.80 Å². The van der Waals surface area contributed by atoms with Crippen molar-refractivity contribution in [2.24, 2.45) is 10.9 Å². The van der Waals surface area contributed by atoms with Crippen molar-refractivity contribution in [2.45, 2.75) is 51.4 Å². The SMILES string of the molecule is COC(=O)C1C(C)=NC(C)=C(N(C=O)CCCN2CCC(c3ccccc3)(c3ccccc3)CC2)C1c1ccc([N+](=O)[O-])c(C)c1. The van der Waals surface area contributed by atoms with E-state index in [2.05, 4.69) is 70.6 Å². The third-order valence-corrected chi connectivity index (χ3v) is 9.70. The lowest BCUT2D eigenvalue weighted by molar-refractivity contribution is -0.385. The van der Waals surface area contributed by atoms with Gasteiger partial charge in [-0.2, -0.15) is 0 Å². The van der Waals surface area contributed by atoms with Gasteiger partial charge in [-0.3, -0.25) is 24.7 Å². The number of hydrogen-bond acceptors (Lipinski definition) is 7. The van der Waals surface area contributed by atoms with E-state index in [0.29, 0.717) is 34.8 Å². The molecule has 0 saturated carbocycles. The smallest absolute Gasteiger partial charge is 0.315 e. The molecule has 2 unspecified atom stereocenters. The summed E-state index contributed by atoms with van der Waals surface area (Å²) >= 11 is 0. The van der Waals surface area contributed by atoms with Crippen molar-refractivity contribution >= 4 is 23.8 Å². The molecule has 0 aromatic heterocycles. The van der Waals surface area contributed by atoms with Gasteiger partial charge in [-0.25, -0.2) is 0 Å². The van der Waals surface area contributed by atoms with E-state index in [1.54, 1.807) is 30.9 Å². The van der Waals surface area contributed by atoms with Crippen molar-refractivity contribution in [2.75, 3.05) is 33.3 Å². The van der Waals surface area contributed by atoms with E-state index in [1.165, 1.54) is 24.3 Å². The molecule has 46 heavy (non-hydrogen) atoms. The Hall–Kier alpha value is -4.63. The number of esters is 1. The minimum absolute atomic E-state index is 0.000796. The van der Waals surface area contributed by atoms with Crippen molar-refractivity contribution in [3.63, 3.8) is 0 Å². The van der Waals surface area contributed by atoms with Crippen LogP contribution in [0.1, 0.15) is 61.3 Å². The standard InChI is InChI=1S/C37H42N4O5/c1-26-24-29(16-17-32(26)41(44)45)34-33(36(43)46-4)27(2)38-28(3)35(34)40(25-42)21-11-20-39-22-18-37(19-23-39,30-12-7-5-8-13-30)31-14-9-6-10-15-31/h5-10,12-17,24-25,33-34H,11,18-23H2,1-4H3. The van der Waals surface area contributed by atoms with E-state index in [0.717, 1.165) is 45.3 Å². The first kappa shape index (κ1) is 32.8. The second-order valence-corrected chi connectivity index (χ2v) is 12.3. The zero-order valence-corrected chi connectivity index (χ0v) is 27.0. The summed E-state index contributed by atoms with van der Waals surface area (Å²) in [5.74, 6) is -1.81. The molecule has 9 heteroatoms. The number of aryl methyl sites for hydroxylation is 1. The van der Waals surface area contributed by atoms with Gasteiger partial charge in [0.05, 0.1) is 23.4 Å². The summed E-state index contributed by atoms with van der Waals surface area (Å²) in [4.78, 5) is 45.7. The lowest BCUT2D eigenvalue weighted by atomic mass is 9.68. The number of aliphatic imine (C=N–C) groups is 1. The summed E-state index contributed by atoms with van der Waals surface area (Å²) in [5.41, 5.74) is 5.66. The Balaban J connectivity index is 1.34. The third-order valence-electron chi connectivity index (χ3n) is 9.70. The molecule has 240 valence electrons. The van der Waals surface area contributed by atoms with Gasteiger partial charge in [0.1, 0.15) is 5.92 Å². The highest BCUT2D eigenvalue weighted by atomic mass is 16.6. The van der Waals surface area contributed by atoms with Gasteiger partial charge in [0.2, 0.25) is 6.41 Å². The van der Waals surface area contributed by atoms with Crippen molar-refractivity contribution in [3.8, 4) is 0 Å². The fraction of sp³-hybridized carbons (Fsp3) is 0.378. The van der Waals surface area contributed by atoms with E-state index < -0.39 is 22.7 Å². The quantitative estimate of drug-likeness (QED) is 0.106. The van der Waals surface area contributed by atoms with Gasteiger partial charge in [0.15, 0.2) is 0 Å². The zero-order valence-electron chi connectivity index (χ0n) is 27.0. The Morgan fingerprint density at radius 1 is 1.02 bits per heavy atom. The van der Waals surface area contributed by atoms with Crippen LogP contribution in [0, 0.1) is 23.0 Å². The van der Waals surface area contributed by atoms with Gasteiger partial charge in [-0.1, -0.05) is 66.7 Å². The molecule has 3 aromatic carbocycles. The van der Waals surface area contributed by atoms with E-state index >= 15 is 0 Å². The van der Waals surface area contributed by atoms with Crippen LogP contribution in [0.15, 0.2) is 95.2 Å². The third kappa shape index (κ3) is 6.51. The van der Waals surface area contributed by atoms with Crippen LogP contribution >= 0.6 is 0 Å². The highest BCUT2D eigenvalue weighted by Crippen LogP contribution is 2.43. The Morgan fingerprint density at radius 3 is 2.15 bits per heavy atom. The first-order valence-corrected chi connectivity index (χ1v) is 15.8. The van der Waals surface area contributed by atoms with Crippen LogP contribution < -0.4 is 0 Å². The number of carbonyl (C=O) groups excluding carboxylic acids is 2. The van der Waals surface area contributed by atoms with E-state index in [-0.39, 0.29) is 11.1 Å². The monoisotopic (exact) mass is 622 g/mol. The molecule has 1 amide bonds. The van der Waals surface area contributed by atoms with Crippen molar-refractivity contribution in [3.05, 3.63) is 123 Å². The normalized spacial score (nSPS) is 19.7. The molecule has 5 rings (SSSR count). The minimum atomic E-state index is -0.766. The summed E-state index contributed by atoms with van der Waals surface area (Å²) in [6.07, 6.45) is 3.54. The number of likely N-dealkylation sites (tertiary alicyclic amines) is 1. The number of methoxy groups -OCH3 is 1. The molecule has 2 heterocycles. The summed E-state index contributed by atoms with van der Waals surface area (Å²) < 4.78 is 5.18. The largest absolute Gasteiger partial charge is 0.468 e. The molecular formula is C37H42N4O5. The van der Waals surface area contributed by atoms with Gasteiger partial charge in [-0.15, -0.1) is 0 Å². The predicted octanol–water partition coefficient (Wildman–Crippen LogP) is 6.41. The Kier molecular flexibility index (Phi) is 10.1. The lowest BCUT2D eigenvalue weighted by Gasteiger charge is -2.43. The van der Waals surface area contributed by atoms with Crippen molar-refractivity contribution in [1.29, 1.82) is 0 Å². The topological polar surface area (TPSA) is 105 Å². The number of carbonyl (C=O) groups is 2. The van der Waals surface area contributed by atoms with Crippen molar-refractivity contribution < 1.29 is 19.2 Å². The molecule has 2 atom stereocenters. The number of piperidine rings is 1. The molecule has 2 aliphatic heterocycles. The molecular weight excluding hydrogens is 580 g/mol. The number of rotatable bonds is 11. The first-order valence-electron chi connectivity index (χ1n) is 15.8. The van der Waals surface area contributed by atoms with E-state index in [4.69, 9.17) is 4.74 Å². The van der Waals surface area contributed by atoms with Gasteiger partial charge in [0, 0.05) is 35.2 Å². The number of ether oxygens (including phenoxy) is 1. The van der Waals surface area contributed by atoms with Gasteiger partial charge < -0.3 is 14.5 Å². The number of hydrogen-bond donors (Lipinski definition) is 0. The van der Waals surface area contributed by atoms with Crippen LogP contribution in [0.25, 0.3) is 0 Å². The van der Waals surface area contributed by atoms with Gasteiger partial charge >= 0.3 is 5.97 Å². The number of allylic oxidation sites excluding steroid dienone is 2. The van der Waals surface area contributed by atoms with Crippen LogP contribution in [-0.4, -0.2) is 66.1 Å². The average molecular weight is 623 g/mol. The maximum atomic E-state index is 13.1. The molecule has 2 aliphatic rings. The predicted molar refractivity (Wildman–Crippen MR) is 179 cm³/mol. The summed E-state index contributed by atoms with van der Waals surface area (Å²) in [7, 11) is 1.33. The van der Waals surface area contributed by atoms with E-state index in [9.17, 15) is 19.7 Å². The average Bonchev–Trinajstić information content (AvgIpc) is 3.07. The number of amides is 1. The molecule has 0 bridgehead atoms. The summed E-state index contributed by atoms with van der Waals surface area (Å²) in [6, 6.07) is 26.4. The minimum Gasteiger partial charge on any atom is -0.468 e. The lowest BCUT2D eigenvalue weighted by Crippen LogP contribution is -2.44. The Bertz CT molecular complexity index is 1590. The van der Waals surface area contributed by atoms with Crippen LogP contribution in [0.5, 0.6) is 0 Å². The highest BCUT2D eigenvalue weighted by molar-refractivity contribution is 6.03. The Morgan fingerprint density at radius 2 is 1.63 bits per heavy atom. The molecule has 0 N–H and O–H groups in total. The molecule has 3 aromatic rings. The van der Waals surface area contributed by atoms with Crippen LogP contribution in [0.3, 0.4) is 0 Å². The first-order chi connectivity index (χ1) is 22.2. The number of nitro groups is 1. The van der Waals surface area contributed by atoms with Crippen LogP contribution in [0.4, 0.5) is 5.69 Å². The fourth-order valence-corrected chi connectivity index (χ4v) is 7.37. The highest BCUT2D eigenvalue weighted by Gasteiger charge is 2.42. The van der Waals surface area contributed by atoms with Gasteiger partial charge in [-0.05, 0) is 82.4 Å². The van der Waals surface area contributed by atoms with E-state index in [1.807, 2.05) is 6.92 Å². The molecule has 0 radical (unpaired) electrons. The summed E-state index contributed by atoms with van der Waals surface area (Å²) in [5, 5.41) is 11.5. The maximum Gasteiger partial charge on any atom is 0.315 e. The second kappa shape index (κ2) is 14.2. The molecule has 0 spiro atoms. The Labute approximate surface area is 270 Å². The number of nitrogens with zero attached hydrogens (tertiary/aromatic N) is 4. The van der Waals surface area contributed by atoms with Crippen LogP contribution in [-0.2, 0) is 19.7 Å². The summed E-state index contributed by atoms with van der Waals surface area (Å²) in [6.45, 7) is 8.43. The number of benzene rings is 3. The molecule has 1 fully saturated rings. The van der Waals surface area contributed by atoms with Crippen LogP contribution in [0.2, 0.25) is 0 Å². The molecule has 9 nitrogen and oxygen atoms in total. The second-order valence-electron chi connectivity index (χ2n) is 12.3. The molecule has 0 aliphatic carbocycles. The number of nitro benzene ring substituents is 1. The zero-order chi connectivity index (χ0) is 32.8. The fourth-order valence-electron chi connectivity index (χ4n) is 7.37. The van der Waals surface area contributed by atoms with Gasteiger partial charge in [0.25, 0.3) is 5.69 Å². The molecule has 1 saturated heterocycles. The maximum absolute atomic E-state index is 13.1.